The lowest BCUT2D eigenvalue weighted by Gasteiger charge is -2.06. The molecule has 0 saturated carbocycles. The maximum atomic E-state index is 5.63. The molecule has 0 amide bonds. The second kappa shape index (κ2) is 5.83. The van der Waals surface area contributed by atoms with Gasteiger partial charge in [-0.25, -0.2) is 9.97 Å². The molecule has 1 unspecified atom stereocenters. The summed E-state index contributed by atoms with van der Waals surface area (Å²) in [5.41, 5.74) is 0. The molecule has 13 heavy (non-hydrogen) atoms. The van der Waals surface area contributed by atoms with Crippen molar-refractivity contribution >= 4 is 39.3 Å². The molecule has 2 nitrogen and oxygen atoms in total. The molecule has 0 fully saturated rings. The first-order chi connectivity index (χ1) is 6.22. The molecule has 0 aromatic carbocycles. The van der Waals surface area contributed by atoms with Crippen LogP contribution in [0.25, 0.3) is 0 Å². The number of hydrogen-bond donors (Lipinski definition) is 0. The Morgan fingerprint density at radius 3 is 2.69 bits per heavy atom. The Morgan fingerprint density at radius 2 is 2.15 bits per heavy atom. The highest BCUT2D eigenvalue weighted by atomic mass is 79.9. The molecule has 0 aliphatic heterocycles. The van der Waals surface area contributed by atoms with Gasteiger partial charge in [-0.15, -0.1) is 11.6 Å². The van der Waals surface area contributed by atoms with Crippen LogP contribution in [0, 0.1) is 0 Å². The van der Waals surface area contributed by atoms with Crippen LogP contribution in [0.1, 0.15) is 13.3 Å². The van der Waals surface area contributed by atoms with E-state index in [0.29, 0.717) is 11.1 Å². The Balaban J connectivity index is 2.49. The Bertz CT molecular complexity index is 255. The molecular formula is C8H10BrClN2S. The van der Waals surface area contributed by atoms with Crippen molar-refractivity contribution in [1.82, 2.24) is 9.97 Å². The zero-order valence-electron chi connectivity index (χ0n) is 7.20. The summed E-state index contributed by atoms with van der Waals surface area (Å²) in [5, 5.41) is 1.28. The van der Waals surface area contributed by atoms with E-state index < -0.39 is 0 Å². The second-order valence-electron chi connectivity index (χ2n) is 2.59. The molecular weight excluding hydrogens is 272 g/mol. The van der Waals surface area contributed by atoms with Gasteiger partial charge in [0.2, 0.25) is 0 Å². The maximum absolute atomic E-state index is 5.63. The van der Waals surface area contributed by atoms with Gasteiger partial charge in [0.15, 0.2) is 5.16 Å². The molecule has 1 atom stereocenters. The van der Waals surface area contributed by atoms with E-state index in [-0.39, 0.29) is 0 Å². The molecule has 0 bridgehead atoms. The Kier molecular flexibility index (Phi) is 5.06. The molecule has 72 valence electrons. The topological polar surface area (TPSA) is 25.8 Å². The zero-order valence-corrected chi connectivity index (χ0v) is 10.4. The predicted molar refractivity (Wildman–Crippen MR) is 60.4 cm³/mol. The number of hydrogen-bond acceptors (Lipinski definition) is 3. The van der Waals surface area contributed by atoms with Gasteiger partial charge in [-0.05, 0) is 22.4 Å². The average molecular weight is 282 g/mol. The van der Waals surface area contributed by atoms with E-state index in [0.717, 1.165) is 16.0 Å². The minimum absolute atomic E-state index is 0.471. The summed E-state index contributed by atoms with van der Waals surface area (Å²) in [7, 11) is 0. The highest BCUT2D eigenvalue weighted by molar-refractivity contribution is 9.10. The van der Waals surface area contributed by atoms with Crippen LogP contribution < -0.4 is 0 Å². The van der Waals surface area contributed by atoms with Gasteiger partial charge in [0.25, 0.3) is 0 Å². The SMILES string of the molecule is CC(CCCl)Sc1ncc(Br)cn1. The summed E-state index contributed by atoms with van der Waals surface area (Å²) in [5.74, 6) is 0.685. The maximum Gasteiger partial charge on any atom is 0.187 e. The third-order valence-corrected chi connectivity index (χ3v) is 3.11. The van der Waals surface area contributed by atoms with Crippen molar-refractivity contribution < 1.29 is 0 Å². The molecule has 0 spiro atoms. The van der Waals surface area contributed by atoms with E-state index in [2.05, 4.69) is 32.8 Å². The number of alkyl halides is 1. The first-order valence-electron chi connectivity index (χ1n) is 3.92. The van der Waals surface area contributed by atoms with Gasteiger partial charge >= 0.3 is 0 Å². The van der Waals surface area contributed by atoms with Crippen molar-refractivity contribution in [3.05, 3.63) is 16.9 Å². The van der Waals surface area contributed by atoms with Crippen LogP contribution in [0.5, 0.6) is 0 Å². The Labute approximate surface area is 95.6 Å². The highest BCUT2D eigenvalue weighted by Crippen LogP contribution is 2.22. The summed E-state index contributed by atoms with van der Waals surface area (Å²) < 4.78 is 0.904. The van der Waals surface area contributed by atoms with Gasteiger partial charge in [-0.3, -0.25) is 0 Å². The monoisotopic (exact) mass is 280 g/mol. The summed E-state index contributed by atoms with van der Waals surface area (Å²) in [6.45, 7) is 2.12. The number of rotatable bonds is 4. The average Bonchev–Trinajstić information content (AvgIpc) is 2.09. The van der Waals surface area contributed by atoms with Crippen molar-refractivity contribution in [3.63, 3.8) is 0 Å². The first-order valence-corrected chi connectivity index (χ1v) is 6.13. The van der Waals surface area contributed by atoms with Crippen LogP contribution in [0.4, 0.5) is 0 Å². The van der Waals surface area contributed by atoms with E-state index >= 15 is 0 Å². The van der Waals surface area contributed by atoms with Crippen LogP contribution in [0.2, 0.25) is 0 Å². The summed E-state index contributed by atoms with van der Waals surface area (Å²) in [4.78, 5) is 8.32. The molecule has 1 heterocycles. The largest absolute Gasteiger partial charge is 0.230 e. The fraction of sp³-hybridized carbons (Fsp3) is 0.500. The third-order valence-electron chi connectivity index (χ3n) is 1.42. The number of nitrogens with zero attached hydrogens (tertiary/aromatic N) is 2. The smallest absolute Gasteiger partial charge is 0.187 e. The van der Waals surface area contributed by atoms with Crippen molar-refractivity contribution in [2.24, 2.45) is 0 Å². The fourth-order valence-electron chi connectivity index (χ4n) is 0.754. The lowest BCUT2D eigenvalue weighted by atomic mass is 10.4. The standard InChI is InChI=1S/C8H10BrClN2S/c1-6(2-3-10)13-8-11-4-7(9)5-12-8/h4-6H,2-3H2,1H3. The van der Waals surface area contributed by atoms with Gasteiger partial charge in [0, 0.05) is 23.5 Å². The molecule has 1 rings (SSSR count). The number of thioether (sulfide) groups is 1. The second-order valence-corrected chi connectivity index (χ2v) is 5.29. The van der Waals surface area contributed by atoms with Gasteiger partial charge in [-0.1, -0.05) is 18.7 Å². The summed E-state index contributed by atoms with van der Waals surface area (Å²) >= 11 is 10.6. The van der Waals surface area contributed by atoms with Crippen molar-refractivity contribution in [2.45, 2.75) is 23.8 Å². The summed E-state index contributed by atoms with van der Waals surface area (Å²) in [6.07, 6.45) is 4.48. The molecule has 0 saturated heterocycles. The van der Waals surface area contributed by atoms with Crippen LogP contribution in [0.15, 0.2) is 22.0 Å². The van der Waals surface area contributed by atoms with E-state index in [1.807, 2.05) is 0 Å². The lowest BCUT2D eigenvalue weighted by molar-refractivity contribution is 0.887. The molecule has 0 N–H and O–H groups in total. The normalized spacial score (nSPS) is 12.8. The van der Waals surface area contributed by atoms with Crippen molar-refractivity contribution in [1.29, 1.82) is 0 Å². The van der Waals surface area contributed by atoms with Gasteiger partial charge in [0.1, 0.15) is 0 Å². The fourth-order valence-corrected chi connectivity index (χ4v) is 2.24. The minimum atomic E-state index is 0.471. The van der Waals surface area contributed by atoms with Gasteiger partial charge < -0.3 is 0 Å². The summed E-state index contributed by atoms with van der Waals surface area (Å²) in [6, 6.07) is 0. The van der Waals surface area contributed by atoms with Crippen molar-refractivity contribution in [2.75, 3.05) is 5.88 Å². The van der Waals surface area contributed by atoms with E-state index in [4.69, 9.17) is 11.6 Å². The third kappa shape index (κ3) is 4.29. The van der Waals surface area contributed by atoms with Crippen molar-refractivity contribution in [3.8, 4) is 0 Å². The van der Waals surface area contributed by atoms with E-state index in [9.17, 15) is 0 Å². The highest BCUT2D eigenvalue weighted by Gasteiger charge is 2.05. The van der Waals surface area contributed by atoms with Crippen LogP contribution in [0.3, 0.4) is 0 Å². The van der Waals surface area contributed by atoms with E-state index in [1.165, 1.54) is 0 Å². The predicted octanol–water partition coefficient (Wildman–Crippen LogP) is 3.35. The first kappa shape index (κ1) is 11.3. The quantitative estimate of drug-likeness (QED) is 0.481. The van der Waals surface area contributed by atoms with Gasteiger partial charge in [-0.2, -0.15) is 0 Å². The molecule has 5 heteroatoms. The molecule has 0 aliphatic rings. The van der Waals surface area contributed by atoms with Crippen LogP contribution >= 0.6 is 39.3 Å². The minimum Gasteiger partial charge on any atom is -0.230 e. The lowest BCUT2D eigenvalue weighted by Crippen LogP contribution is -1.98. The van der Waals surface area contributed by atoms with Gasteiger partial charge in [0.05, 0.1) is 4.47 Å². The Morgan fingerprint density at radius 1 is 1.54 bits per heavy atom. The van der Waals surface area contributed by atoms with Crippen LogP contribution in [-0.2, 0) is 0 Å². The zero-order chi connectivity index (χ0) is 9.68. The van der Waals surface area contributed by atoms with Crippen LogP contribution in [-0.4, -0.2) is 21.1 Å². The Hall–Kier alpha value is 0.200. The molecule has 0 aliphatic carbocycles. The number of halogens is 2. The molecule has 0 radical (unpaired) electrons. The molecule has 1 aromatic heterocycles. The van der Waals surface area contributed by atoms with E-state index in [1.54, 1.807) is 24.2 Å². The molecule has 1 aromatic rings. The number of aromatic nitrogens is 2.